The van der Waals surface area contributed by atoms with Crippen LogP contribution < -0.4 is 5.32 Å². The maximum atomic E-state index is 12.0. The molecule has 0 bridgehead atoms. The Bertz CT molecular complexity index is 622. The van der Waals surface area contributed by atoms with Gasteiger partial charge in [0.2, 0.25) is 0 Å². The van der Waals surface area contributed by atoms with E-state index in [-0.39, 0.29) is 17.7 Å². The van der Waals surface area contributed by atoms with Crippen LogP contribution in [0.15, 0.2) is 29.6 Å². The van der Waals surface area contributed by atoms with Gasteiger partial charge in [-0.05, 0) is 19.1 Å². The average Bonchev–Trinajstić information content (AvgIpc) is 2.81. The predicted molar refractivity (Wildman–Crippen MR) is 71.4 cm³/mol. The minimum absolute atomic E-state index is 0.00513. The normalized spacial score (nSPS) is 10.2. The number of carbonyl (C=O) groups excluding carboxylic acids is 1. The lowest BCUT2D eigenvalue weighted by atomic mass is 10.1. The lowest BCUT2D eigenvalue weighted by molar-refractivity contribution is 0.0691. The van der Waals surface area contributed by atoms with Gasteiger partial charge in [0.25, 0.3) is 5.91 Å². The Hall–Kier alpha value is -2.21. The van der Waals surface area contributed by atoms with Crippen LogP contribution in [0, 0.1) is 6.92 Å². The van der Waals surface area contributed by atoms with Gasteiger partial charge in [0.1, 0.15) is 0 Å². The zero-order valence-corrected chi connectivity index (χ0v) is 11.0. The van der Waals surface area contributed by atoms with Crippen molar-refractivity contribution >= 4 is 23.2 Å². The molecule has 19 heavy (non-hydrogen) atoms. The number of carboxylic acid groups (broad SMARTS) is 1. The summed E-state index contributed by atoms with van der Waals surface area (Å²) in [6.07, 6.45) is 0. The highest BCUT2D eigenvalue weighted by atomic mass is 32.1. The van der Waals surface area contributed by atoms with Crippen LogP contribution in [0.3, 0.4) is 0 Å². The number of nitrogens with one attached hydrogen (secondary N) is 1. The smallest absolute Gasteiger partial charge is 0.336 e. The summed E-state index contributed by atoms with van der Waals surface area (Å²) in [4.78, 5) is 27.2. The summed E-state index contributed by atoms with van der Waals surface area (Å²) in [5.41, 5.74) is 0.917. The second-order valence-electron chi connectivity index (χ2n) is 3.89. The van der Waals surface area contributed by atoms with E-state index in [1.54, 1.807) is 12.1 Å². The molecule has 1 aromatic carbocycles. The first-order chi connectivity index (χ1) is 9.08. The van der Waals surface area contributed by atoms with E-state index < -0.39 is 11.9 Å². The van der Waals surface area contributed by atoms with Gasteiger partial charge in [-0.25, -0.2) is 9.78 Å². The van der Waals surface area contributed by atoms with Gasteiger partial charge >= 0.3 is 5.97 Å². The average molecular weight is 276 g/mol. The third kappa shape index (κ3) is 3.17. The molecule has 0 aliphatic rings. The zero-order chi connectivity index (χ0) is 13.8. The van der Waals surface area contributed by atoms with Gasteiger partial charge in [-0.3, -0.25) is 4.79 Å². The SMILES string of the molecule is Cc1nc(CNC(=O)c2ccccc2C(=O)O)cs1. The number of aromatic nitrogens is 1. The van der Waals surface area contributed by atoms with Crippen molar-refractivity contribution in [3.8, 4) is 0 Å². The van der Waals surface area contributed by atoms with Gasteiger partial charge in [-0.2, -0.15) is 0 Å². The van der Waals surface area contributed by atoms with E-state index in [9.17, 15) is 9.59 Å². The van der Waals surface area contributed by atoms with Gasteiger partial charge in [-0.1, -0.05) is 12.1 Å². The molecular formula is C13H12N2O3S. The zero-order valence-electron chi connectivity index (χ0n) is 10.2. The maximum Gasteiger partial charge on any atom is 0.336 e. The summed E-state index contributed by atoms with van der Waals surface area (Å²) >= 11 is 1.50. The molecule has 2 N–H and O–H groups in total. The minimum atomic E-state index is -1.12. The quantitative estimate of drug-likeness (QED) is 0.896. The molecule has 0 saturated carbocycles. The maximum absolute atomic E-state index is 12.0. The fourth-order valence-corrected chi connectivity index (χ4v) is 2.24. The molecule has 6 heteroatoms. The number of hydrogen-bond acceptors (Lipinski definition) is 4. The number of thiazole rings is 1. The van der Waals surface area contributed by atoms with Crippen molar-refractivity contribution in [3.05, 3.63) is 51.5 Å². The summed E-state index contributed by atoms with van der Waals surface area (Å²) in [6, 6.07) is 6.12. The third-order valence-corrected chi connectivity index (χ3v) is 3.32. The fraction of sp³-hybridized carbons (Fsp3) is 0.154. The molecule has 0 atom stereocenters. The molecule has 0 unspecified atom stereocenters. The van der Waals surface area contributed by atoms with E-state index in [4.69, 9.17) is 5.11 Å². The number of nitrogens with zero attached hydrogens (tertiary/aromatic N) is 1. The lowest BCUT2D eigenvalue weighted by Crippen LogP contribution is -2.25. The molecule has 2 rings (SSSR count). The molecule has 5 nitrogen and oxygen atoms in total. The molecule has 1 amide bonds. The molecule has 1 heterocycles. The molecule has 0 spiro atoms. The number of amides is 1. The molecule has 98 valence electrons. The van der Waals surface area contributed by atoms with Gasteiger partial charge in [0, 0.05) is 5.38 Å². The molecule has 1 aromatic heterocycles. The van der Waals surface area contributed by atoms with Crippen LogP contribution in [0.1, 0.15) is 31.4 Å². The van der Waals surface area contributed by atoms with Crippen LogP contribution in [0.2, 0.25) is 0 Å². The fourth-order valence-electron chi connectivity index (χ4n) is 1.62. The van der Waals surface area contributed by atoms with Crippen molar-refractivity contribution in [1.29, 1.82) is 0 Å². The minimum Gasteiger partial charge on any atom is -0.478 e. The monoisotopic (exact) mass is 276 g/mol. The van der Waals surface area contributed by atoms with E-state index in [2.05, 4.69) is 10.3 Å². The van der Waals surface area contributed by atoms with Crippen LogP contribution in [0.25, 0.3) is 0 Å². The molecule has 2 aromatic rings. The van der Waals surface area contributed by atoms with E-state index >= 15 is 0 Å². The van der Waals surface area contributed by atoms with Crippen molar-refractivity contribution in [1.82, 2.24) is 10.3 Å². The number of carboxylic acids is 1. The number of hydrogen-bond donors (Lipinski definition) is 2. The van der Waals surface area contributed by atoms with Crippen LogP contribution in [0.5, 0.6) is 0 Å². The molecule has 0 fully saturated rings. The highest BCUT2D eigenvalue weighted by Crippen LogP contribution is 2.10. The first kappa shape index (κ1) is 13.2. The highest BCUT2D eigenvalue weighted by Gasteiger charge is 2.15. The molecular weight excluding hydrogens is 264 g/mol. The van der Waals surface area contributed by atoms with E-state index in [1.165, 1.54) is 23.5 Å². The van der Waals surface area contributed by atoms with E-state index in [0.29, 0.717) is 0 Å². The number of aryl methyl sites for hydroxylation is 1. The Labute approximate surface area is 113 Å². The summed E-state index contributed by atoms with van der Waals surface area (Å²) in [6.45, 7) is 2.17. The number of rotatable bonds is 4. The van der Waals surface area contributed by atoms with Gasteiger partial charge in [0.05, 0.1) is 28.4 Å². The van der Waals surface area contributed by atoms with E-state index in [1.807, 2.05) is 12.3 Å². The van der Waals surface area contributed by atoms with Gasteiger partial charge in [0.15, 0.2) is 0 Å². The first-order valence-electron chi connectivity index (χ1n) is 5.59. The van der Waals surface area contributed by atoms with Crippen molar-refractivity contribution in [2.75, 3.05) is 0 Å². The second kappa shape index (κ2) is 5.62. The highest BCUT2D eigenvalue weighted by molar-refractivity contribution is 7.09. The summed E-state index contributed by atoms with van der Waals surface area (Å²) in [7, 11) is 0. The molecule has 0 saturated heterocycles. The first-order valence-corrected chi connectivity index (χ1v) is 6.47. The van der Waals surface area contributed by atoms with Crippen LogP contribution >= 0.6 is 11.3 Å². The summed E-state index contributed by atoms with van der Waals surface area (Å²) in [5, 5.41) is 14.5. The van der Waals surface area contributed by atoms with Crippen molar-refractivity contribution in [3.63, 3.8) is 0 Å². The molecule has 0 aliphatic carbocycles. The Morgan fingerprint density at radius 1 is 1.32 bits per heavy atom. The molecule has 0 radical (unpaired) electrons. The standard InChI is InChI=1S/C13H12N2O3S/c1-8-15-9(7-19-8)6-14-12(16)10-4-2-3-5-11(10)13(17)18/h2-5,7H,6H2,1H3,(H,14,16)(H,17,18). The second-order valence-corrected chi connectivity index (χ2v) is 4.95. The largest absolute Gasteiger partial charge is 0.478 e. The van der Waals surface area contributed by atoms with Crippen molar-refractivity contribution < 1.29 is 14.7 Å². The van der Waals surface area contributed by atoms with E-state index in [0.717, 1.165) is 10.7 Å². The number of benzene rings is 1. The van der Waals surface area contributed by atoms with Crippen LogP contribution in [-0.2, 0) is 6.54 Å². The summed E-state index contributed by atoms with van der Waals surface area (Å²) < 4.78 is 0. The Balaban J connectivity index is 2.10. The third-order valence-electron chi connectivity index (χ3n) is 2.50. The summed E-state index contributed by atoms with van der Waals surface area (Å²) in [5.74, 6) is -1.53. The van der Waals surface area contributed by atoms with Crippen molar-refractivity contribution in [2.45, 2.75) is 13.5 Å². The topological polar surface area (TPSA) is 79.3 Å². The van der Waals surface area contributed by atoms with Crippen LogP contribution in [0.4, 0.5) is 0 Å². The molecule has 0 aliphatic heterocycles. The van der Waals surface area contributed by atoms with Crippen molar-refractivity contribution in [2.24, 2.45) is 0 Å². The predicted octanol–water partition coefficient (Wildman–Crippen LogP) is 2.08. The number of aromatic carboxylic acids is 1. The Kier molecular flexibility index (Phi) is 3.91. The Morgan fingerprint density at radius 2 is 2.00 bits per heavy atom. The lowest BCUT2D eigenvalue weighted by Gasteiger charge is -2.06. The van der Waals surface area contributed by atoms with Gasteiger partial charge in [-0.15, -0.1) is 11.3 Å². The van der Waals surface area contributed by atoms with Crippen LogP contribution in [-0.4, -0.2) is 22.0 Å². The van der Waals surface area contributed by atoms with Gasteiger partial charge < -0.3 is 10.4 Å². The Morgan fingerprint density at radius 3 is 2.58 bits per heavy atom. The number of carbonyl (C=O) groups is 2.